The highest BCUT2D eigenvalue weighted by Crippen LogP contribution is 2.15. The Morgan fingerprint density at radius 2 is 0.474 bits per heavy atom. The van der Waals surface area contributed by atoms with Crippen LogP contribution in [0.25, 0.3) is 0 Å². The number of carbonyl (C=O) groups is 3. The lowest BCUT2D eigenvalue weighted by Gasteiger charge is -2.18. The summed E-state index contributed by atoms with van der Waals surface area (Å²) in [5.74, 6) is -0.911. The van der Waals surface area contributed by atoms with Crippen LogP contribution in [0, 0.1) is 0 Å². The molecule has 0 heterocycles. The Balaban J connectivity index is 4.44. The Morgan fingerprint density at radius 1 is 0.263 bits per heavy atom. The predicted molar refractivity (Wildman–Crippen MR) is 330 cm³/mol. The van der Waals surface area contributed by atoms with Crippen molar-refractivity contribution < 1.29 is 28.6 Å². The second-order valence-electron chi connectivity index (χ2n) is 21.7. The molecule has 1 unspecified atom stereocenters. The molecular weight excluding hydrogens is 937 g/mol. The molecule has 0 aromatic carbocycles. The third-order valence-electron chi connectivity index (χ3n) is 14.1. The van der Waals surface area contributed by atoms with E-state index in [4.69, 9.17) is 14.2 Å². The van der Waals surface area contributed by atoms with Crippen molar-refractivity contribution in [2.24, 2.45) is 0 Å². The summed E-state index contributed by atoms with van der Waals surface area (Å²) in [7, 11) is 0. The lowest BCUT2D eigenvalue weighted by molar-refractivity contribution is -0.167. The van der Waals surface area contributed by atoms with Gasteiger partial charge in [-0.2, -0.15) is 0 Å². The number of esters is 3. The molecule has 0 aliphatic heterocycles. The van der Waals surface area contributed by atoms with Gasteiger partial charge in [0.1, 0.15) is 13.2 Å². The zero-order chi connectivity index (χ0) is 55.0. The average Bonchev–Trinajstić information content (AvgIpc) is 3.42. The first kappa shape index (κ1) is 72.6. The van der Waals surface area contributed by atoms with E-state index in [0.29, 0.717) is 19.3 Å². The van der Waals surface area contributed by atoms with Gasteiger partial charge in [0.05, 0.1) is 0 Å². The van der Waals surface area contributed by atoms with Gasteiger partial charge in [0.15, 0.2) is 6.10 Å². The van der Waals surface area contributed by atoms with Gasteiger partial charge in [-0.1, -0.05) is 266 Å². The number of hydrogen-bond donors (Lipinski definition) is 0. The molecule has 0 N–H and O–H groups in total. The van der Waals surface area contributed by atoms with Crippen molar-refractivity contribution in [3.8, 4) is 0 Å². The minimum absolute atomic E-state index is 0.0900. The fourth-order valence-electron chi connectivity index (χ4n) is 9.16. The molecule has 0 saturated carbocycles. The van der Waals surface area contributed by atoms with Crippen molar-refractivity contribution in [3.63, 3.8) is 0 Å². The molecular formula is C70H122O6. The number of carbonyl (C=O) groups excluding carboxylic acids is 3. The third kappa shape index (κ3) is 61.4. The van der Waals surface area contributed by atoms with Gasteiger partial charge in [-0.05, 0) is 122 Å². The van der Waals surface area contributed by atoms with Crippen LogP contribution in [0.1, 0.15) is 323 Å². The van der Waals surface area contributed by atoms with Crippen LogP contribution in [-0.4, -0.2) is 37.2 Å². The largest absolute Gasteiger partial charge is 0.462 e. The topological polar surface area (TPSA) is 78.9 Å². The van der Waals surface area contributed by atoms with E-state index < -0.39 is 6.10 Å². The Morgan fingerprint density at radius 3 is 0.750 bits per heavy atom. The van der Waals surface area contributed by atoms with Crippen LogP contribution in [0.2, 0.25) is 0 Å². The van der Waals surface area contributed by atoms with Gasteiger partial charge < -0.3 is 14.2 Å². The van der Waals surface area contributed by atoms with E-state index in [1.807, 2.05) is 0 Å². The van der Waals surface area contributed by atoms with Crippen LogP contribution < -0.4 is 0 Å². The Hall–Kier alpha value is -3.41. The summed E-state index contributed by atoms with van der Waals surface area (Å²) >= 11 is 0. The van der Waals surface area contributed by atoms with Gasteiger partial charge in [0, 0.05) is 19.3 Å². The van der Waals surface area contributed by atoms with E-state index in [2.05, 4.69) is 106 Å². The van der Waals surface area contributed by atoms with Crippen LogP contribution >= 0.6 is 0 Å². The predicted octanol–water partition coefficient (Wildman–Crippen LogP) is 22.3. The van der Waals surface area contributed by atoms with Gasteiger partial charge in [0.25, 0.3) is 0 Å². The SMILES string of the molecule is CCCCCCC/C=C\C/C=C\C/C=C\CCCCCCCCC(=O)OCC(COC(=O)CCCCCCC/C=C\CCCCCCCCC)OC(=O)CCCCCCCC/C=C\C/C=C\C/C=C\CCCCCCC. The molecule has 0 aromatic rings. The van der Waals surface area contributed by atoms with Gasteiger partial charge in [0.2, 0.25) is 0 Å². The fraction of sp³-hybridized carbons (Fsp3) is 0.757. The Kier molecular flexibility index (Phi) is 61.2. The molecule has 0 bridgehead atoms. The molecule has 0 aliphatic rings. The normalized spacial score (nSPS) is 12.6. The van der Waals surface area contributed by atoms with Crippen LogP contribution in [0.15, 0.2) is 85.1 Å². The lowest BCUT2D eigenvalue weighted by atomic mass is 10.1. The first-order valence-electron chi connectivity index (χ1n) is 32.6. The number of allylic oxidation sites excluding steroid dienone is 14. The molecule has 0 saturated heterocycles. The molecule has 76 heavy (non-hydrogen) atoms. The van der Waals surface area contributed by atoms with E-state index in [1.54, 1.807) is 0 Å². The summed E-state index contributed by atoms with van der Waals surface area (Å²) in [4.78, 5) is 38.4. The van der Waals surface area contributed by atoms with Crippen molar-refractivity contribution >= 4 is 17.9 Å². The summed E-state index contributed by atoms with van der Waals surface area (Å²) in [6.07, 6.45) is 84.3. The molecule has 0 fully saturated rings. The van der Waals surface area contributed by atoms with Crippen LogP contribution in [-0.2, 0) is 28.6 Å². The third-order valence-corrected chi connectivity index (χ3v) is 14.1. The average molecular weight is 1060 g/mol. The second-order valence-corrected chi connectivity index (χ2v) is 21.7. The van der Waals surface area contributed by atoms with Crippen LogP contribution in [0.3, 0.4) is 0 Å². The number of unbranched alkanes of at least 4 members (excludes halogenated alkanes) is 34. The zero-order valence-electron chi connectivity index (χ0n) is 50.3. The van der Waals surface area contributed by atoms with Gasteiger partial charge >= 0.3 is 17.9 Å². The van der Waals surface area contributed by atoms with Crippen molar-refractivity contribution in [2.45, 2.75) is 329 Å². The van der Waals surface area contributed by atoms with Gasteiger partial charge in [-0.15, -0.1) is 0 Å². The zero-order valence-corrected chi connectivity index (χ0v) is 50.3. The van der Waals surface area contributed by atoms with Crippen LogP contribution in [0.4, 0.5) is 0 Å². The molecule has 1 atom stereocenters. The molecule has 6 nitrogen and oxygen atoms in total. The smallest absolute Gasteiger partial charge is 0.306 e. The minimum atomic E-state index is -0.795. The lowest BCUT2D eigenvalue weighted by Crippen LogP contribution is -2.30. The number of rotatable bonds is 59. The summed E-state index contributed by atoms with van der Waals surface area (Å²) in [6, 6.07) is 0. The molecule has 6 heteroatoms. The maximum atomic E-state index is 12.9. The summed E-state index contributed by atoms with van der Waals surface area (Å²) in [6.45, 7) is 6.62. The van der Waals surface area contributed by atoms with Crippen LogP contribution in [0.5, 0.6) is 0 Å². The number of hydrogen-bond acceptors (Lipinski definition) is 6. The van der Waals surface area contributed by atoms with Crippen molar-refractivity contribution in [1.82, 2.24) is 0 Å². The van der Waals surface area contributed by atoms with E-state index in [0.717, 1.165) is 109 Å². The molecule has 0 aromatic heterocycles. The van der Waals surface area contributed by atoms with E-state index in [-0.39, 0.29) is 31.1 Å². The molecule has 0 rings (SSSR count). The molecule has 0 amide bonds. The van der Waals surface area contributed by atoms with Crippen molar-refractivity contribution in [2.75, 3.05) is 13.2 Å². The van der Waals surface area contributed by atoms with E-state index in [9.17, 15) is 14.4 Å². The Labute approximate surface area is 471 Å². The van der Waals surface area contributed by atoms with Crippen molar-refractivity contribution in [3.05, 3.63) is 85.1 Å². The Bertz CT molecular complexity index is 1450. The summed E-state index contributed by atoms with van der Waals surface area (Å²) in [5, 5.41) is 0. The first-order chi connectivity index (χ1) is 37.5. The summed E-state index contributed by atoms with van der Waals surface area (Å²) < 4.78 is 16.9. The molecule has 0 spiro atoms. The summed E-state index contributed by atoms with van der Waals surface area (Å²) in [5.41, 5.74) is 0. The molecule has 0 radical (unpaired) electrons. The molecule has 438 valence electrons. The highest BCUT2D eigenvalue weighted by atomic mass is 16.6. The highest BCUT2D eigenvalue weighted by Gasteiger charge is 2.19. The number of ether oxygens (including phenoxy) is 3. The second kappa shape index (κ2) is 64.1. The van der Waals surface area contributed by atoms with Crippen molar-refractivity contribution in [1.29, 1.82) is 0 Å². The monoisotopic (exact) mass is 1060 g/mol. The van der Waals surface area contributed by atoms with E-state index in [1.165, 1.54) is 173 Å². The molecule has 0 aliphatic carbocycles. The van der Waals surface area contributed by atoms with E-state index >= 15 is 0 Å². The quantitative estimate of drug-likeness (QED) is 0.0261. The standard InChI is InChI=1S/C70H122O6/c1-4-7-10-13-16-19-22-25-28-31-33-35-37-39-42-45-48-51-54-57-60-63-69(72)75-66-67(65-74-68(71)62-59-56-53-50-47-44-41-30-27-24-21-18-15-12-9-6-3)76-70(73)64-61-58-55-52-49-46-43-40-38-36-34-32-29-26-23-20-17-14-11-8-5-2/h22-23,25-26,30-34,37-41,67H,4-21,24,27-29,35-36,42-66H2,1-3H3/b25-22-,26-23-,33-31-,34-32-,39-37-,40-38-,41-30-. The highest BCUT2D eigenvalue weighted by molar-refractivity contribution is 5.71. The maximum absolute atomic E-state index is 12.9. The van der Waals surface area contributed by atoms with Gasteiger partial charge in [-0.3, -0.25) is 14.4 Å². The fourth-order valence-corrected chi connectivity index (χ4v) is 9.16. The minimum Gasteiger partial charge on any atom is -0.462 e. The van der Waals surface area contributed by atoms with Gasteiger partial charge in [-0.25, -0.2) is 0 Å². The maximum Gasteiger partial charge on any atom is 0.306 e. The first-order valence-corrected chi connectivity index (χ1v) is 32.6.